The minimum Gasteiger partial charge on any atom is -0.494 e. The second-order valence-corrected chi connectivity index (χ2v) is 10.3. The van der Waals surface area contributed by atoms with Crippen molar-refractivity contribution in [3.8, 4) is 5.75 Å². The van der Waals surface area contributed by atoms with Crippen molar-refractivity contribution in [3.05, 3.63) is 30.2 Å². The molecule has 7 nitrogen and oxygen atoms in total. The molecule has 166 valence electrons. The number of benzene rings is 1. The number of fused-ring (bicyclic) bond motifs is 1. The summed E-state index contributed by atoms with van der Waals surface area (Å²) in [5.41, 5.74) is 0.752. The van der Waals surface area contributed by atoms with Crippen LogP contribution < -0.4 is 15.4 Å². The molecule has 2 N–H and O–H groups in total. The van der Waals surface area contributed by atoms with Gasteiger partial charge in [-0.2, -0.15) is 4.98 Å². The summed E-state index contributed by atoms with van der Waals surface area (Å²) in [6.07, 6.45) is 2.96. The zero-order valence-corrected chi connectivity index (χ0v) is 19.6. The Labute approximate surface area is 186 Å². The van der Waals surface area contributed by atoms with E-state index in [1.807, 2.05) is 18.2 Å². The second kappa shape index (κ2) is 7.87. The average Bonchev–Trinajstić information content (AvgIpc) is 3.10. The third-order valence-electron chi connectivity index (χ3n) is 6.21. The molecule has 1 aliphatic rings. The van der Waals surface area contributed by atoms with Crippen LogP contribution in [0.4, 0.5) is 21.3 Å². The van der Waals surface area contributed by atoms with Gasteiger partial charge in [-0.1, -0.05) is 17.4 Å². The Balaban J connectivity index is 1.55. The number of thiazole rings is 1. The molecule has 0 bridgehead atoms. The molecule has 2 aromatic heterocycles. The Morgan fingerprint density at radius 1 is 1.16 bits per heavy atom. The fraction of sp³-hybridized carbons (Fsp3) is 0.500. The summed E-state index contributed by atoms with van der Waals surface area (Å²) in [6, 6.07) is 5.87. The van der Waals surface area contributed by atoms with Crippen LogP contribution in [0.15, 0.2) is 24.4 Å². The van der Waals surface area contributed by atoms with Gasteiger partial charge in [0, 0.05) is 17.1 Å². The number of halogens is 1. The Bertz CT molecular complexity index is 1080. The molecule has 0 unspecified atom stereocenters. The minimum absolute atomic E-state index is 0.00987. The predicted molar refractivity (Wildman–Crippen MR) is 124 cm³/mol. The normalized spacial score (nSPS) is 18.8. The highest BCUT2D eigenvalue weighted by Gasteiger charge is 2.43. The number of piperidine rings is 1. The lowest BCUT2D eigenvalue weighted by atomic mass is 9.77. The largest absolute Gasteiger partial charge is 0.494 e. The topological polar surface area (TPSA) is 75.2 Å². The monoisotopic (exact) mass is 444 g/mol. The first-order valence-corrected chi connectivity index (χ1v) is 11.1. The molecule has 3 aromatic rings. The van der Waals surface area contributed by atoms with Crippen LogP contribution >= 0.6 is 11.3 Å². The number of hydrogen-bond acceptors (Lipinski definition) is 8. The van der Waals surface area contributed by atoms with Gasteiger partial charge < -0.3 is 10.1 Å². The molecule has 0 atom stereocenters. The first kappa shape index (κ1) is 21.7. The first-order chi connectivity index (χ1) is 14.6. The van der Waals surface area contributed by atoms with Crippen molar-refractivity contribution in [1.82, 2.24) is 19.9 Å². The molecule has 9 heteroatoms. The number of methoxy groups -OCH3 is 1. The zero-order chi connectivity index (χ0) is 22.4. The summed E-state index contributed by atoms with van der Waals surface area (Å²) in [5.74, 6) is 0.744. The summed E-state index contributed by atoms with van der Waals surface area (Å²) < 4.78 is 20.9. The molecule has 0 radical (unpaired) electrons. The maximum Gasteiger partial charge on any atom is 0.231 e. The first-order valence-electron chi connectivity index (χ1n) is 10.3. The number of nitrogens with one attached hydrogen (secondary N) is 2. The molecule has 0 saturated carbocycles. The van der Waals surface area contributed by atoms with E-state index >= 15 is 0 Å². The van der Waals surface area contributed by atoms with Crippen molar-refractivity contribution >= 4 is 38.5 Å². The van der Waals surface area contributed by atoms with Gasteiger partial charge >= 0.3 is 0 Å². The summed E-state index contributed by atoms with van der Waals surface area (Å²) in [5, 5.41) is 7.05. The summed E-state index contributed by atoms with van der Waals surface area (Å²) in [4.78, 5) is 15.5. The van der Waals surface area contributed by atoms with Crippen LogP contribution in [-0.2, 0) is 0 Å². The van der Waals surface area contributed by atoms with Crippen LogP contribution in [0.5, 0.6) is 5.75 Å². The van der Waals surface area contributed by atoms with Crippen molar-refractivity contribution < 1.29 is 9.13 Å². The van der Waals surface area contributed by atoms with Gasteiger partial charge in [-0.3, -0.25) is 10.2 Å². The molecule has 31 heavy (non-hydrogen) atoms. The molecule has 1 fully saturated rings. The fourth-order valence-corrected chi connectivity index (χ4v) is 5.31. The van der Waals surface area contributed by atoms with Gasteiger partial charge in [-0.25, -0.2) is 14.4 Å². The third-order valence-corrected chi connectivity index (χ3v) is 7.15. The number of aromatic nitrogens is 3. The smallest absolute Gasteiger partial charge is 0.231 e. The zero-order valence-electron chi connectivity index (χ0n) is 18.8. The van der Waals surface area contributed by atoms with Crippen LogP contribution in [0.25, 0.3) is 10.2 Å². The molecular weight excluding hydrogens is 415 g/mol. The van der Waals surface area contributed by atoms with Gasteiger partial charge in [0.2, 0.25) is 5.95 Å². The lowest BCUT2D eigenvalue weighted by Crippen LogP contribution is -2.61. The quantitative estimate of drug-likeness (QED) is 0.571. The van der Waals surface area contributed by atoms with Gasteiger partial charge in [0.1, 0.15) is 11.3 Å². The Morgan fingerprint density at radius 3 is 2.55 bits per heavy atom. The van der Waals surface area contributed by atoms with E-state index in [0.29, 0.717) is 16.8 Å². The Hall–Kier alpha value is -2.52. The minimum atomic E-state index is -0.467. The van der Waals surface area contributed by atoms with E-state index in [4.69, 9.17) is 4.74 Å². The molecule has 1 saturated heterocycles. The summed E-state index contributed by atoms with van der Waals surface area (Å²) >= 11 is 1.47. The van der Waals surface area contributed by atoms with E-state index in [0.717, 1.165) is 23.1 Å². The van der Waals surface area contributed by atoms with Gasteiger partial charge in [0.25, 0.3) is 0 Å². The van der Waals surface area contributed by atoms with Crippen molar-refractivity contribution in [2.24, 2.45) is 0 Å². The van der Waals surface area contributed by atoms with E-state index in [1.165, 1.54) is 17.5 Å². The summed E-state index contributed by atoms with van der Waals surface area (Å²) in [7, 11) is 3.77. The number of hydrogen-bond donors (Lipinski definition) is 2. The van der Waals surface area contributed by atoms with Gasteiger partial charge in [-0.05, 0) is 59.7 Å². The van der Waals surface area contributed by atoms with Crippen LogP contribution in [0, 0.1) is 5.82 Å². The van der Waals surface area contributed by atoms with Crippen LogP contribution in [0.1, 0.15) is 40.5 Å². The Morgan fingerprint density at radius 2 is 1.87 bits per heavy atom. The molecule has 1 aliphatic heterocycles. The highest BCUT2D eigenvalue weighted by molar-refractivity contribution is 7.22. The number of ether oxygens (including phenoxy) is 1. The molecule has 4 rings (SSSR count). The number of likely N-dealkylation sites (tertiary alicyclic amines) is 1. The van der Waals surface area contributed by atoms with E-state index in [2.05, 4.69) is 65.2 Å². The van der Waals surface area contributed by atoms with Crippen LogP contribution in [-0.4, -0.2) is 51.1 Å². The fourth-order valence-electron chi connectivity index (χ4n) is 4.43. The highest BCUT2D eigenvalue weighted by Crippen LogP contribution is 2.38. The van der Waals surface area contributed by atoms with Gasteiger partial charge in [-0.15, -0.1) is 0 Å². The number of para-hydroxylation sites is 1. The number of rotatable bonds is 5. The lowest BCUT2D eigenvalue weighted by molar-refractivity contribution is -0.00778. The molecular formula is C22H29FN6OS. The van der Waals surface area contributed by atoms with Crippen molar-refractivity contribution in [2.75, 3.05) is 24.8 Å². The van der Waals surface area contributed by atoms with Crippen LogP contribution in [0.3, 0.4) is 0 Å². The van der Waals surface area contributed by atoms with E-state index < -0.39 is 5.82 Å². The highest BCUT2D eigenvalue weighted by atomic mass is 32.1. The number of anilines is 3. The van der Waals surface area contributed by atoms with Crippen LogP contribution in [0.2, 0.25) is 0 Å². The van der Waals surface area contributed by atoms with Crippen molar-refractivity contribution in [2.45, 2.75) is 57.7 Å². The average molecular weight is 445 g/mol. The molecule has 0 amide bonds. The molecule has 0 aliphatic carbocycles. The SMILES string of the molecule is COc1cccc2sc(Nc3ncc(F)c(NC4CC(C)(C)N(C)C(C)(C)C4)n3)nc12. The predicted octanol–water partition coefficient (Wildman–Crippen LogP) is 5.04. The second-order valence-electron chi connectivity index (χ2n) is 9.27. The molecule has 3 heterocycles. The third kappa shape index (κ3) is 4.29. The lowest BCUT2D eigenvalue weighted by Gasteiger charge is -2.53. The molecule has 0 spiro atoms. The maximum atomic E-state index is 14.5. The van der Waals surface area contributed by atoms with E-state index in [9.17, 15) is 4.39 Å². The van der Waals surface area contributed by atoms with Crippen molar-refractivity contribution in [1.29, 1.82) is 0 Å². The standard InChI is InChI=1S/C22H29FN6OS/c1-21(2)10-13(11-22(3,4)29(21)5)25-18-14(23)12-24-19(27-18)28-20-26-17-15(30-6)8-7-9-16(17)31-20/h7-9,12-13H,10-11H2,1-6H3,(H2,24,25,26,27,28). The summed E-state index contributed by atoms with van der Waals surface area (Å²) in [6.45, 7) is 8.86. The van der Waals surface area contributed by atoms with Gasteiger partial charge in [0.15, 0.2) is 16.8 Å². The van der Waals surface area contributed by atoms with E-state index in [-0.39, 0.29) is 22.9 Å². The van der Waals surface area contributed by atoms with Crippen molar-refractivity contribution in [3.63, 3.8) is 0 Å². The number of nitrogens with zero attached hydrogens (tertiary/aromatic N) is 4. The van der Waals surface area contributed by atoms with Gasteiger partial charge in [0.05, 0.1) is 18.0 Å². The van der Waals surface area contributed by atoms with E-state index in [1.54, 1.807) is 7.11 Å². The Kier molecular flexibility index (Phi) is 5.51. The maximum absolute atomic E-state index is 14.5. The molecule has 1 aromatic carbocycles.